The number of carbonyl (C=O) groups is 1. The number of anilines is 1. The Bertz CT molecular complexity index is 973. The van der Waals surface area contributed by atoms with E-state index in [1.54, 1.807) is 16.8 Å². The average molecular weight is 463 g/mol. The Kier molecular flexibility index (Phi) is 8.35. The Morgan fingerprint density at radius 1 is 1.38 bits per heavy atom. The number of hydrogen-bond donors (Lipinski definition) is 2. The van der Waals surface area contributed by atoms with E-state index >= 15 is 0 Å². The van der Waals surface area contributed by atoms with Crippen LogP contribution < -0.4 is 5.73 Å². The molecule has 0 bridgehead atoms. The van der Waals surface area contributed by atoms with E-state index in [0.29, 0.717) is 17.5 Å². The standard InChI is InChI=1S/C23H31ClN4O4/c1-3-5-6-7-8-9-10-11-19(30)31-15-23(4-2)17(29)14-18(32-23)28-13-12-16-20(25)26-22(24)27-21(16)28/h2,12-13,17-18,29H,3,5-11,14-15H2,1H3,(H2,25,26,27)/t17-,18+,23+/m0/s1. The third-order valence-electron chi connectivity index (χ3n) is 5.87. The second-order valence-corrected chi connectivity index (χ2v) is 8.57. The summed E-state index contributed by atoms with van der Waals surface area (Å²) in [6.07, 6.45) is 14.1. The molecule has 3 heterocycles. The molecule has 3 atom stereocenters. The molecule has 3 rings (SSSR count). The van der Waals surface area contributed by atoms with Crippen LogP contribution in [0.3, 0.4) is 0 Å². The minimum atomic E-state index is -1.43. The highest BCUT2D eigenvalue weighted by Crippen LogP contribution is 2.39. The summed E-state index contributed by atoms with van der Waals surface area (Å²) in [5, 5.41) is 11.3. The number of aromatic nitrogens is 3. The predicted molar refractivity (Wildman–Crippen MR) is 123 cm³/mol. The molecule has 0 radical (unpaired) electrons. The number of nitrogen functional groups attached to an aromatic ring is 1. The van der Waals surface area contributed by atoms with Gasteiger partial charge in [-0.3, -0.25) is 4.79 Å². The number of nitrogens with zero attached hydrogens (tertiary/aromatic N) is 3. The van der Waals surface area contributed by atoms with Crippen LogP contribution in [-0.2, 0) is 14.3 Å². The number of rotatable bonds is 11. The molecule has 9 heteroatoms. The van der Waals surface area contributed by atoms with Crippen LogP contribution in [0, 0.1) is 12.3 Å². The summed E-state index contributed by atoms with van der Waals surface area (Å²) in [6.45, 7) is 1.97. The van der Waals surface area contributed by atoms with Crippen molar-refractivity contribution in [3.05, 3.63) is 17.5 Å². The highest BCUT2D eigenvalue weighted by Gasteiger charge is 2.49. The summed E-state index contributed by atoms with van der Waals surface area (Å²) in [7, 11) is 0. The molecule has 174 valence electrons. The molecule has 32 heavy (non-hydrogen) atoms. The van der Waals surface area contributed by atoms with E-state index in [-0.39, 0.29) is 30.1 Å². The van der Waals surface area contributed by atoms with Gasteiger partial charge in [-0.25, -0.2) is 4.98 Å². The first-order valence-corrected chi connectivity index (χ1v) is 11.6. The first-order valence-electron chi connectivity index (χ1n) is 11.2. The smallest absolute Gasteiger partial charge is 0.305 e. The maximum Gasteiger partial charge on any atom is 0.305 e. The van der Waals surface area contributed by atoms with Crippen LogP contribution >= 0.6 is 11.6 Å². The minimum Gasteiger partial charge on any atom is -0.461 e. The average Bonchev–Trinajstić information content (AvgIpc) is 3.33. The van der Waals surface area contributed by atoms with Crippen molar-refractivity contribution in [2.45, 2.75) is 82.6 Å². The quantitative estimate of drug-likeness (QED) is 0.224. The molecule has 1 saturated heterocycles. The lowest BCUT2D eigenvalue weighted by molar-refractivity contribution is -0.156. The Labute approximate surface area is 193 Å². The third kappa shape index (κ3) is 5.52. The van der Waals surface area contributed by atoms with Crippen LogP contribution in [0.15, 0.2) is 12.3 Å². The largest absolute Gasteiger partial charge is 0.461 e. The van der Waals surface area contributed by atoms with Gasteiger partial charge < -0.3 is 24.9 Å². The fourth-order valence-corrected chi connectivity index (χ4v) is 4.14. The van der Waals surface area contributed by atoms with Crippen molar-refractivity contribution in [2.24, 2.45) is 0 Å². The van der Waals surface area contributed by atoms with E-state index in [4.69, 9.17) is 33.2 Å². The lowest BCUT2D eigenvalue weighted by Crippen LogP contribution is -2.43. The SMILES string of the molecule is C#C[C@]1(COC(=O)CCCCCCCCC)O[C@@H](n2ccc3c(N)nc(Cl)nc32)C[C@@H]1O. The Hall–Kier alpha value is -2.34. The van der Waals surface area contributed by atoms with Gasteiger partial charge in [-0.2, -0.15) is 4.98 Å². The molecule has 2 aromatic rings. The number of ether oxygens (including phenoxy) is 2. The lowest BCUT2D eigenvalue weighted by atomic mass is 9.99. The number of esters is 1. The van der Waals surface area contributed by atoms with E-state index in [0.717, 1.165) is 19.3 Å². The predicted octanol–water partition coefficient (Wildman–Crippen LogP) is 4.00. The van der Waals surface area contributed by atoms with Gasteiger partial charge in [0.1, 0.15) is 30.4 Å². The minimum absolute atomic E-state index is 0.0102. The molecular formula is C23H31ClN4O4. The van der Waals surface area contributed by atoms with Gasteiger partial charge in [-0.1, -0.05) is 51.4 Å². The first-order chi connectivity index (χ1) is 15.4. The second kappa shape index (κ2) is 11.0. The monoisotopic (exact) mass is 462 g/mol. The summed E-state index contributed by atoms with van der Waals surface area (Å²) in [5.41, 5.74) is 4.95. The fraction of sp³-hybridized carbons (Fsp3) is 0.609. The molecule has 0 unspecified atom stereocenters. The Balaban J connectivity index is 1.56. The highest BCUT2D eigenvalue weighted by atomic mass is 35.5. The molecule has 0 amide bonds. The zero-order valence-electron chi connectivity index (χ0n) is 18.4. The van der Waals surface area contributed by atoms with Crippen LogP contribution in [0.1, 0.15) is 70.9 Å². The van der Waals surface area contributed by atoms with Crippen LogP contribution in [0.5, 0.6) is 0 Å². The summed E-state index contributed by atoms with van der Waals surface area (Å²) in [6, 6.07) is 1.74. The summed E-state index contributed by atoms with van der Waals surface area (Å²) < 4.78 is 13.1. The van der Waals surface area contributed by atoms with Gasteiger partial charge in [0.25, 0.3) is 0 Å². The number of unbranched alkanes of at least 4 members (excludes halogenated alkanes) is 6. The van der Waals surface area contributed by atoms with Gasteiger partial charge in [0.2, 0.25) is 5.28 Å². The highest BCUT2D eigenvalue weighted by molar-refractivity contribution is 6.28. The Morgan fingerprint density at radius 3 is 2.81 bits per heavy atom. The van der Waals surface area contributed by atoms with Crippen molar-refractivity contribution in [3.63, 3.8) is 0 Å². The zero-order chi connectivity index (χ0) is 23.1. The maximum atomic E-state index is 12.2. The molecule has 0 saturated carbocycles. The van der Waals surface area contributed by atoms with Crippen LogP contribution in [0.2, 0.25) is 5.28 Å². The Morgan fingerprint density at radius 2 is 2.09 bits per heavy atom. The van der Waals surface area contributed by atoms with Gasteiger partial charge >= 0.3 is 5.97 Å². The summed E-state index contributed by atoms with van der Waals surface area (Å²) in [5.74, 6) is 2.40. The van der Waals surface area contributed by atoms with Crippen molar-refractivity contribution >= 4 is 34.4 Å². The van der Waals surface area contributed by atoms with Crippen molar-refractivity contribution < 1.29 is 19.4 Å². The van der Waals surface area contributed by atoms with E-state index in [2.05, 4.69) is 22.8 Å². The van der Waals surface area contributed by atoms with Crippen LogP contribution in [0.4, 0.5) is 5.82 Å². The van der Waals surface area contributed by atoms with Gasteiger partial charge in [-0.05, 0) is 24.1 Å². The van der Waals surface area contributed by atoms with Gasteiger partial charge in [0.05, 0.1) is 5.39 Å². The zero-order valence-corrected chi connectivity index (χ0v) is 19.2. The third-order valence-corrected chi connectivity index (χ3v) is 6.04. The van der Waals surface area contributed by atoms with E-state index in [1.807, 2.05) is 0 Å². The molecular weight excluding hydrogens is 432 g/mol. The van der Waals surface area contributed by atoms with Gasteiger partial charge in [0.15, 0.2) is 5.60 Å². The van der Waals surface area contributed by atoms with E-state index < -0.39 is 17.9 Å². The van der Waals surface area contributed by atoms with Crippen LogP contribution in [0.25, 0.3) is 11.0 Å². The van der Waals surface area contributed by atoms with E-state index in [9.17, 15) is 9.90 Å². The number of fused-ring (bicyclic) bond motifs is 1. The van der Waals surface area contributed by atoms with Gasteiger partial charge in [-0.15, -0.1) is 6.42 Å². The summed E-state index contributed by atoms with van der Waals surface area (Å²) in [4.78, 5) is 20.3. The normalized spacial score (nSPS) is 22.8. The van der Waals surface area contributed by atoms with Gasteiger partial charge in [0, 0.05) is 19.0 Å². The molecule has 0 aliphatic carbocycles. The fourth-order valence-electron chi connectivity index (χ4n) is 3.97. The number of aliphatic hydroxyl groups excluding tert-OH is 1. The molecule has 0 aromatic carbocycles. The molecule has 1 aliphatic heterocycles. The van der Waals surface area contributed by atoms with E-state index in [1.165, 1.54) is 25.7 Å². The number of aliphatic hydroxyl groups is 1. The van der Waals surface area contributed by atoms with Crippen molar-refractivity contribution in [1.82, 2.24) is 14.5 Å². The topological polar surface area (TPSA) is 112 Å². The molecule has 8 nitrogen and oxygen atoms in total. The number of terminal acetylenes is 1. The maximum absolute atomic E-state index is 12.2. The summed E-state index contributed by atoms with van der Waals surface area (Å²) >= 11 is 5.94. The number of halogens is 1. The van der Waals surface area contributed by atoms with Crippen molar-refractivity contribution in [2.75, 3.05) is 12.3 Å². The molecule has 2 aromatic heterocycles. The van der Waals surface area contributed by atoms with Crippen molar-refractivity contribution in [1.29, 1.82) is 0 Å². The first kappa shape index (κ1) is 24.3. The molecule has 0 spiro atoms. The number of hydrogen-bond acceptors (Lipinski definition) is 7. The number of nitrogens with two attached hydrogens (primary N) is 1. The molecule has 3 N–H and O–H groups in total. The molecule has 1 aliphatic rings. The number of carbonyl (C=O) groups excluding carboxylic acids is 1. The van der Waals surface area contributed by atoms with Crippen LogP contribution in [-0.4, -0.2) is 43.9 Å². The van der Waals surface area contributed by atoms with Crippen molar-refractivity contribution in [3.8, 4) is 12.3 Å². The second-order valence-electron chi connectivity index (χ2n) is 8.23. The molecule has 1 fully saturated rings. The lowest BCUT2D eigenvalue weighted by Gasteiger charge is -2.26.